The zero-order valence-electron chi connectivity index (χ0n) is 14.5. The molecule has 1 aromatic heterocycles. The number of amides is 1. The normalized spacial score (nSPS) is 10.7. The number of rotatable bonds is 6. The van der Waals surface area contributed by atoms with Gasteiger partial charge in [0.2, 0.25) is 0 Å². The van der Waals surface area contributed by atoms with Crippen molar-refractivity contribution in [1.29, 1.82) is 0 Å². The average molecular weight is 390 g/mol. The second-order valence-corrected chi connectivity index (χ2v) is 6.68. The minimum absolute atomic E-state index is 0.0108. The van der Waals surface area contributed by atoms with Crippen LogP contribution in [0.5, 0.6) is 11.5 Å². The average Bonchev–Trinajstić information content (AvgIpc) is 3.01. The minimum Gasteiger partial charge on any atom is -0.497 e. The molecule has 0 saturated carbocycles. The zero-order valence-corrected chi connectivity index (χ0v) is 15.3. The summed E-state index contributed by atoms with van der Waals surface area (Å²) in [5.41, 5.74) is 1.62. The number of methoxy groups -OCH3 is 1. The highest BCUT2D eigenvalue weighted by Gasteiger charge is 2.18. The Labute approximate surface area is 158 Å². The summed E-state index contributed by atoms with van der Waals surface area (Å²) in [7, 11) is 1.59. The molecule has 1 heterocycles. The first-order valence-corrected chi connectivity index (χ1v) is 8.76. The standard InChI is InChI=1S/C19H16F2N2O3S/c1-11-16(12-7-9-13(25-2)10-8-12)22-19(27-11)23-17(24)14-5-3-4-6-15(14)26-18(20)21/h3-10,18H,1-2H3,(H,22,23,24). The van der Waals surface area contributed by atoms with Crippen LogP contribution < -0.4 is 14.8 Å². The van der Waals surface area contributed by atoms with Gasteiger partial charge in [-0.3, -0.25) is 10.1 Å². The van der Waals surface area contributed by atoms with Gasteiger partial charge in [-0.05, 0) is 43.3 Å². The van der Waals surface area contributed by atoms with Crippen LogP contribution in [0.1, 0.15) is 15.2 Å². The first-order chi connectivity index (χ1) is 13.0. The van der Waals surface area contributed by atoms with Gasteiger partial charge in [-0.1, -0.05) is 12.1 Å². The van der Waals surface area contributed by atoms with Gasteiger partial charge < -0.3 is 9.47 Å². The van der Waals surface area contributed by atoms with Crippen LogP contribution in [0.15, 0.2) is 48.5 Å². The fourth-order valence-corrected chi connectivity index (χ4v) is 3.31. The lowest BCUT2D eigenvalue weighted by atomic mass is 10.1. The van der Waals surface area contributed by atoms with Crippen molar-refractivity contribution in [3.05, 3.63) is 59.0 Å². The molecule has 0 bridgehead atoms. The van der Waals surface area contributed by atoms with Crippen LogP contribution in [0.3, 0.4) is 0 Å². The highest BCUT2D eigenvalue weighted by Crippen LogP contribution is 2.32. The number of alkyl halides is 2. The van der Waals surface area contributed by atoms with Crippen LogP contribution in [0.4, 0.5) is 13.9 Å². The van der Waals surface area contributed by atoms with Gasteiger partial charge in [0.25, 0.3) is 5.91 Å². The monoisotopic (exact) mass is 390 g/mol. The molecule has 1 N–H and O–H groups in total. The van der Waals surface area contributed by atoms with Crippen molar-refractivity contribution >= 4 is 22.4 Å². The summed E-state index contributed by atoms with van der Waals surface area (Å²) < 4.78 is 34.6. The molecule has 0 aliphatic rings. The first kappa shape index (κ1) is 18.8. The molecule has 2 aromatic carbocycles. The molecule has 0 fully saturated rings. The van der Waals surface area contributed by atoms with E-state index in [1.807, 2.05) is 31.2 Å². The third-order valence-electron chi connectivity index (χ3n) is 3.73. The van der Waals surface area contributed by atoms with Crippen molar-refractivity contribution in [2.75, 3.05) is 12.4 Å². The Morgan fingerprint density at radius 2 is 1.85 bits per heavy atom. The predicted molar refractivity (Wildman–Crippen MR) is 99.9 cm³/mol. The largest absolute Gasteiger partial charge is 0.497 e. The van der Waals surface area contributed by atoms with E-state index >= 15 is 0 Å². The molecule has 27 heavy (non-hydrogen) atoms. The number of carbonyl (C=O) groups excluding carboxylic acids is 1. The Hall–Kier alpha value is -3.00. The van der Waals surface area contributed by atoms with Crippen molar-refractivity contribution in [1.82, 2.24) is 4.98 Å². The van der Waals surface area contributed by atoms with Gasteiger partial charge in [-0.2, -0.15) is 8.78 Å². The van der Waals surface area contributed by atoms with Crippen LogP contribution in [0.2, 0.25) is 0 Å². The summed E-state index contributed by atoms with van der Waals surface area (Å²) in [4.78, 5) is 17.8. The van der Waals surface area contributed by atoms with Gasteiger partial charge in [-0.25, -0.2) is 4.98 Å². The van der Waals surface area contributed by atoms with E-state index in [2.05, 4.69) is 15.0 Å². The van der Waals surface area contributed by atoms with Crippen molar-refractivity contribution in [2.45, 2.75) is 13.5 Å². The van der Waals surface area contributed by atoms with Gasteiger partial charge >= 0.3 is 6.61 Å². The van der Waals surface area contributed by atoms with Crippen LogP contribution in [0.25, 0.3) is 11.3 Å². The van der Waals surface area contributed by atoms with E-state index in [1.165, 1.54) is 29.5 Å². The quantitative estimate of drug-likeness (QED) is 0.645. The van der Waals surface area contributed by atoms with Crippen molar-refractivity contribution in [3.63, 3.8) is 0 Å². The second-order valence-electron chi connectivity index (χ2n) is 5.48. The summed E-state index contributed by atoms with van der Waals surface area (Å²) in [6.07, 6.45) is 0. The summed E-state index contributed by atoms with van der Waals surface area (Å²) in [6, 6.07) is 13.2. The molecule has 5 nitrogen and oxygen atoms in total. The highest BCUT2D eigenvalue weighted by atomic mass is 32.1. The van der Waals surface area contributed by atoms with Gasteiger partial charge in [0.1, 0.15) is 11.5 Å². The van der Waals surface area contributed by atoms with Crippen molar-refractivity contribution < 1.29 is 23.0 Å². The van der Waals surface area contributed by atoms with E-state index < -0.39 is 12.5 Å². The number of hydrogen-bond donors (Lipinski definition) is 1. The number of ether oxygens (including phenoxy) is 2. The molecule has 0 unspecified atom stereocenters. The van der Waals surface area contributed by atoms with Gasteiger partial charge in [0, 0.05) is 10.4 Å². The van der Waals surface area contributed by atoms with Crippen LogP contribution >= 0.6 is 11.3 Å². The number of nitrogens with one attached hydrogen (secondary N) is 1. The molecule has 0 radical (unpaired) electrons. The maximum absolute atomic E-state index is 12.5. The number of benzene rings is 2. The number of halogens is 2. The van der Waals surface area contributed by atoms with E-state index in [1.54, 1.807) is 13.2 Å². The number of nitrogens with zero attached hydrogens (tertiary/aromatic N) is 1. The van der Waals surface area contributed by atoms with Gasteiger partial charge in [0.05, 0.1) is 18.4 Å². The van der Waals surface area contributed by atoms with Crippen LogP contribution in [-0.4, -0.2) is 24.6 Å². The fourth-order valence-electron chi connectivity index (χ4n) is 2.48. The lowest BCUT2D eigenvalue weighted by Gasteiger charge is -2.09. The molecule has 0 aliphatic heterocycles. The molecule has 1 amide bonds. The molecule has 0 saturated heterocycles. The maximum Gasteiger partial charge on any atom is 0.387 e. The third kappa shape index (κ3) is 4.40. The number of anilines is 1. The van der Waals surface area contributed by atoms with Crippen molar-refractivity contribution in [2.24, 2.45) is 0 Å². The Bertz CT molecular complexity index is 942. The molecule has 0 atom stereocenters. The van der Waals surface area contributed by atoms with E-state index in [-0.39, 0.29) is 11.3 Å². The molecule has 0 spiro atoms. The molecule has 140 valence electrons. The number of aromatic nitrogens is 1. The summed E-state index contributed by atoms with van der Waals surface area (Å²) in [5.74, 6) is -0.0225. The molecule has 0 aliphatic carbocycles. The number of carbonyl (C=O) groups is 1. The van der Waals surface area contributed by atoms with Gasteiger partial charge in [0.15, 0.2) is 5.13 Å². The fraction of sp³-hybridized carbons (Fsp3) is 0.158. The Morgan fingerprint density at radius 3 is 2.52 bits per heavy atom. The smallest absolute Gasteiger partial charge is 0.387 e. The Morgan fingerprint density at radius 1 is 1.15 bits per heavy atom. The highest BCUT2D eigenvalue weighted by molar-refractivity contribution is 7.16. The molecular weight excluding hydrogens is 374 g/mol. The summed E-state index contributed by atoms with van der Waals surface area (Å²) in [6.45, 7) is -1.12. The van der Waals surface area contributed by atoms with E-state index in [9.17, 15) is 13.6 Å². The third-order valence-corrected chi connectivity index (χ3v) is 4.61. The topological polar surface area (TPSA) is 60.5 Å². The SMILES string of the molecule is COc1ccc(-c2nc(NC(=O)c3ccccc3OC(F)F)sc2C)cc1. The van der Waals surface area contributed by atoms with E-state index in [0.29, 0.717) is 5.13 Å². The lowest BCUT2D eigenvalue weighted by molar-refractivity contribution is -0.0501. The molecule has 3 rings (SSSR count). The zero-order chi connectivity index (χ0) is 19.4. The second kappa shape index (κ2) is 8.13. The first-order valence-electron chi connectivity index (χ1n) is 7.95. The molecule has 3 aromatic rings. The molecular formula is C19H16F2N2O3S. The lowest BCUT2D eigenvalue weighted by Crippen LogP contribution is -2.14. The molecule has 8 heteroatoms. The van der Waals surface area contributed by atoms with Crippen LogP contribution in [-0.2, 0) is 0 Å². The number of aryl methyl sites for hydroxylation is 1. The Kier molecular flexibility index (Phi) is 5.66. The summed E-state index contributed by atoms with van der Waals surface area (Å²) in [5, 5.41) is 3.01. The predicted octanol–water partition coefficient (Wildman–Crippen LogP) is 4.98. The number of thiazole rings is 1. The number of hydrogen-bond acceptors (Lipinski definition) is 5. The van der Waals surface area contributed by atoms with Crippen LogP contribution in [0, 0.1) is 6.92 Å². The summed E-state index contributed by atoms with van der Waals surface area (Å²) >= 11 is 1.30. The Balaban J connectivity index is 1.81. The van der Waals surface area contributed by atoms with E-state index in [0.717, 1.165) is 21.9 Å². The van der Waals surface area contributed by atoms with Gasteiger partial charge in [-0.15, -0.1) is 11.3 Å². The minimum atomic E-state index is -3.01. The van der Waals surface area contributed by atoms with E-state index in [4.69, 9.17) is 4.74 Å². The maximum atomic E-state index is 12.5. The van der Waals surface area contributed by atoms with Crippen molar-refractivity contribution in [3.8, 4) is 22.8 Å². The number of para-hydroxylation sites is 1.